The second kappa shape index (κ2) is 6.25. The van der Waals surface area contributed by atoms with Crippen LogP contribution in [0.4, 0.5) is 0 Å². The van der Waals surface area contributed by atoms with Gasteiger partial charge in [-0.15, -0.1) is 0 Å². The van der Waals surface area contributed by atoms with Crippen LogP contribution in [0.3, 0.4) is 0 Å². The Morgan fingerprint density at radius 1 is 1.44 bits per heavy atom. The number of rotatable bonds is 6. The van der Waals surface area contributed by atoms with E-state index < -0.39 is 5.91 Å². The van der Waals surface area contributed by atoms with Crippen LogP contribution in [0.2, 0.25) is 0 Å². The molecule has 1 aromatic rings. The lowest BCUT2D eigenvalue weighted by Crippen LogP contribution is -2.31. The van der Waals surface area contributed by atoms with Crippen LogP contribution in [0, 0.1) is 0 Å². The standard InChI is InChI=1S/C12H18N2O2/c1-2-11(8-15)14-7-9-3-5-10(6-4-9)12(13)16/h3-6,11,14-15H,2,7-8H2,1H3,(H2,13,16)/t11-/m1/s1. The van der Waals surface area contributed by atoms with Gasteiger partial charge in [-0.05, 0) is 24.1 Å². The highest BCUT2D eigenvalue weighted by atomic mass is 16.3. The third-order valence-electron chi connectivity index (χ3n) is 2.55. The second-order valence-corrected chi connectivity index (χ2v) is 3.73. The molecule has 0 aromatic heterocycles. The Kier molecular flexibility index (Phi) is 4.95. The fourth-order valence-electron chi connectivity index (χ4n) is 1.39. The summed E-state index contributed by atoms with van der Waals surface area (Å²) < 4.78 is 0. The number of hydrogen-bond donors (Lipinski definition) is 3. The van der Waals surface area contributed by atoms with Crippen LogP contribution in [0.25, 0.3) is 0 Å². The highest BCUT2D eigenvalue weighted by molar-refractivity contribution is 5.92. The highest BCUT2D eigenvalue weighted by Crippen LogP contribution is 2.04. The van der Waals surface area contributed by atoms with Gasteiger partial charge in [-0.3, -0.25) is 4.79 Å². The van der Waals surface area contributed by atoms with Crippen LogP contribution in [-0.2, 0) is 6.54 Å². The summed E-state index contributed by atoms with van der Waals surface area (Å²) >= 11 is 0. The summed E-state index contributed by atoms with van der Waals surface area (Å²) in [6, 6.07) is 7.25. The van der Waals surface area contributed by atoms with Crippen LogP contribution < -0.4 is 11.1 Å². The minimum absolute atomic E-state index is 0.121. The lowest BCUT2D eigenvalue weighted by molar-refractivity contribution is 0.100. The first-order valence-electron chi connectivity index (χ1n) is 5.40. The van der Waals surface area contributed by atoms with Crippen molar-refractivity contribution in [2.45, 2.75) is 25.9 Å². The molecule has 0 aliphatic carbocycles. The molecule has 1 atom stereocenters. The Hall–Kier alpha value is -1.39. The Morgan fingerprint density at radius 3 is 2.50 bits per heavy atom. The van der Waals surface area contributed by atoms with E-state index in [9.17, 15) is 4.79 Å². The molecule has 1 aromatic carbocycles. The van der Waals surface area contributed by atoms with Gasteiger partial charge in [0.05, 0.1) is 6.61 Å². The number of nitrogens with one attached hydrogen (secondary N) is 1. The molecule has 0 heterocycles. The van der Waals surface area contributed by atoms with Gasteiger partial charge in [0.2, 0.25) is 5.91 Å². The molecule has 16 heavy (non-hydrogen) atoms. The van der Waals surface area contributed by atoms with Gasteiger partial charge < -0.3 is 16.2 Å². The third-order valence-corrected chi connectivity index (χ3v) is 2.55. The summed E-state index contributed by atoms with van der Waals surface area (Å²) in [6.07, 6.45) is 0.885. The topological polar surface area (TPSA) is 75.3 Å². The number of amides is 1. The molecular formula is C12H18N2O2. The molecule has 0 unspecified atom stereocenters. The van der Waals surface area contributed by atoms with E-state index in [0.29, 0.717) is 12.1 Å². The predicted molar refractivity (Wildman–Crippen MR) is 63.0 cm³/mol. The van der Waals surface area contributed by atoms with Gasteiger partial charge in [0, 0.05) is 18.2 Å². The maximum absolute atomic E-state index is 10.8. The molecule has 1 amide bonds. The van der Waals surface area contributed by atoms with Gasteiger partial charge >= 0.3 is 0 Å². The Labute approximate surface area is 95.5 Å². The number of nitrogens with two attached hydrogens (primary N) is 1. The molecule has 0 aliphatic rings. The predicted octanol–water partition coefficient (Wildman–Crippen LogP) is 0.646. The zero-order valence-corrected chi connectivity index (χ0v) is 9.44. The molecule has 4 heteroatoms. The van der Waals surface area contributed by atoms with Crippen molar-refractivity contribution in [2.75, 3.05) is 6.61 Å². The molecule has 0 bridgehead atoms. The molecule has 0 aliphatic heterocycles. The van der Waals surface area contributed by atoms with Crippen molar-refractivity contribution < 1.29 is 9.90 Å². The molecule has 88 valence electrons. The summed E-state index contributed by atoms with van der Waals surface area (Å²) in [4.78, 5) is 10.8. The van der Waals surface area contributed by atoms with Crippen LogP contribution >= 0.6 is 0 Å². The molecule has 4 N–H and O–H groups in total. The first kappa shape index (κ1) is 12.7. The molecule has 4 nitrogen and oxygen atoms in total. The average Bonchev–Trinajstić information content (AvgIpc) is 2.31. The van der Waals surface area contributed by atoms with Gasteiger partial charge in [-0.2, -0.15) is 0 Å². The summed E-state index contributed by atoms with van der Waals surface area (Å²) in [7, 11) is 0. The Morgan fingerprint density at radius 2 is 2.06 bits per heavy atom. The van der Waals surface area contributed by atoms with Crippen molar-refractivity contribution in [3.63, 3.8) is 0 Å². The van der Waals surface area contributed by atoms with Gasteiger partial charge in [0.25, 0.3) is 0 Å². The number of aliphatic hydroxyl groups excluding tert-OH is 1. The number of hydrogen-bond acceptors (Lipinski definition) is 3. The molecule has 0 radical (unpaired) electrons. The Bertz CT molecular complexity index is 331. The van der Waals surface area contributed by atoms with Gasteiger partial charge in [0.15, 0.2) is 0 Å². The van der Waals surface area contributed by atoms with Crippen LogP contribution in [0.1, 0.15) is 29.3 Å². The van der Waals surface area contributed by atoms with Crippen molar-refractivity contribution in [1.82, 2.24) is 5.32 Å². The minimum Gasteiger partial charge on any atom is -0.395 e. The van der Waals surface area contributed by atoms with Crippen LogP contribution in [0.5, 0.6) is 0 Å². The lowest BCUT2D eigenvalue weighted by atomic mass is 10.1. The van der Waals surface area contributed by atoms with E-state index in [1.54, 1.807) is 12.1 Å². The fourth-order valence-corrected chi connectivity index (χ4v) is 1.39. The van der Waals surface area contributed by atoms with Gasteiger partial charge in [-0.25, -0.2) is 0 Å². The van der Waals surface area contributed by atoms with Crippen molar-refractivity contribution in [2.24, 2.45) is 5.73 Å². The summed E-state index contributed by atoms with van der Waals surface area (Å²) in [6.45, 7) is 2.83. The monoisotopic (exact) mass is 222 g/mol. The molecule has 0 fully saturated rings. The van der Waals surface area contributed by atoms with E-state index in [4.69, 9.17) is 10.8 Å². The van der Waals surface area contributed by atoms with E-state index in [1.807, 2.05) is 19.1 Å². The zero-order valence-electron chi connectivity index (χ0n) is 9.44. The van der Waals surface area contributed by atoms with E-state index in [1.165, 1.54) is 0 Å². The van der Waals surface area contributed by atoms with Crippen molar-refractivity contribution >= 4 is 5.91 Å². The normalized spacial score (nSPS) is 12.4. The second-order valence-electron chi connectivity index (χ2n) is 3.73. The molecular weight excluding hydrogens is 204 g/mol. The summed E-state index contributed by atoms with van der Waals surface area (Å²) in [5, 5.41) is 12.2. The first-order chi connectivity index (χ1) is 7.67. The van der Waals surface area contributed by atoms with E-state index in [2.05, 4.69) is 5.32 Å². The van der Waals surface area contributed by atoms with Crippen molar-refractivity contribution in [3.05, 3.63) is 35.4 Å². The van der Waals surface area contributed by atoms with Crippen LogP contribution in [-0.4, -0.2) is 23.7 Å². The zero-order chi connectivity index (χ0) is 12.0. The smallest absolute Gasteiger partial charge is 0.248 e. The Balaban J connectivity index is 2.52. The number of primary amides is 1. The third kappa shape index (κ3) is 3.64. The number of carbonyl (C=O) groups is 1. The van der Waals surface area contributed by atoms with E-state index >= 15 is 0 Å². The largest absolute Gasteiger partial charge is 0.395 e. The van der Waals surface area contributed by atoms with Crippen molar-refractivity contribution in [1.29, 1.82) is 0 Å². The number of benzene rings is 1. The maximum Gasteiger partial charge on any atom is 0.248 e. The summed E-state index contributed by atoms with van der Waals surface area (Å²) in [5.41, 5.74) is 6.72. The SMILES string of the molecule is CC[C@H](CO)NCc1ccc(C(N)=O)cc1. The van der Waals surface area contributed by atoms with Crippen LogP contribution in [0.15, 0.2) is 24.3 Å². The minimum atomic E-state index is -0.415. The molecule has 0 spiro atoms. The summed E-state index contributed by atoms with van der Waals surface area (Å²) in [5.74, 6) is -0.415. The molecule has 0 saturated heterocycles. The number of carbonyl (C=O) groups excluding carboxylic acids is 1. The average molecular weight is 222 g/mol. The molecule has 0 saturated carbocycles. The lowest BCUT2D eigenvalue weighted by Gasteiger charge is -2.13. The quantitative estimate of drug-likeness (QED) is 0.661. The first-order valence-corrected chi connectivity index (χ1v) is 5.40. The molecule has 1 rings (SSSR count). The van der Waals surface area contributed by atoms with Crippen molar-refractivity contribution in [3.8, 4) is 0 Å². The van der Waals surface area contributed by atoms with Gasteiger partial charge in [-0.1, -0.05) is 19.1 Å². The maximum atomic E-state index is 10.8. The fraction of sp³-hybridized carbons (Fsp3) is 0.417. The van der Waals surface area contributed by atoms with Gasteiger partial charge in [0.1, 0.15) is 0 Å². The van der Waals surface area contributed by atoms with E-state index in [-0.39, 0.29) is 12.6 Å². The van der Waals surface area contributed by atoms with E-state index in [0.717, 1.165) is 12.0 Å². The number of aliphatic hydroxyl groups is 1. The highest BCUT2D eigenvalue weighted by Gasteiger charge is 2.04.